The maximum absolute atomic E-state index is 13.0. The summed E-state index contributed by atoms with van der Waals surface area (Å²) >= 11 is 0. The summed E-state index contributed by atoms with van der Waals surface area (Å²) < 4.78 is 29.0. The van der Waals surface area contributed by atoms with Crippen LogP contribution in [0.1, 0.15) is 37.4 Å². The molecule has 1 saturated heterocycles. The van der Waals surface area contributed by atoms with Crippen molar-refractivity contribution in [3.8, 4) is 0 Å². The van der Waals surface area contributed by atoms with Crippen molar-refractivity contribution in [2.75, 3.05) is 13.7 Å². The molecule has 7 heteroatoms. The van der Waals surface area contributed by atoms with Gasteiger partial charge in [0.25, 0.3) is 0 Å². The van der Waals surface area contributed by atoms with E-state index < -0.39 is 36.5 Å². The van der Waals surface area contributed by atoms with Crippen LogP contribution in [-0.2, 0) is 30.3 Å². The lowest BCUT2D eigenvalue weighted by Crippen LogP contribution is -2.41. The molecule has 0 aliphatic carbocycles. The average Bonchev–Trinajstić information content (AvgIpc) is 3.23. The Kier molecular flexibility index (Phi) is 8.48. The molecule has 0 aromatic heterocycles. The van der Waals surface area contributed by atoms with Crippen LogP contribution in [0.25, 0.3) is 0 Å². The van der Waals surface area contributed by atoms with Crippen LogP contribution in [0.15, 0.2) is 78.9 Å². The molecule has 1 heterocycles. The predicted octanol–water partition coefficient (Wildman–Crippen LogP) is 4.64. The normalized spacial score (nSPS) is 21.2. The molecule has 4 atom stereocenters. The minimum absolute atomic E-state index is 0.135. The van der Waals surface area contributed by atoms with Crippen LogP contribution in [0.4, 0.5) is 0 Å². The molecule has 0 N–H and O–H groups in total. The van der Waals surface area contributed by atoms with Gasteiger partial charge in [-0.05, 0) is 43.7 Å². The fraction of sp³-hybridized carbons (Fsp3) is 0.310. The molecule has 1 aliphatic heterocycles. The largest absolute Gasteiger partial charge is 0.459 e. The predicted molar refractivity (Wildman–Crippen MR) is 133 cm³/mol. The van der Waals surface area contributed by atoms with E-state index >= 15 is 0 Å². The van der Waals surface area contributed by atoms with Gasteiger partial charge in [0.2, 0.25) is 0 Å². The van der Waals surface area contributed by atoms with Crippen molar-refractivity contribution in [1.29, 1.82) is 0 Å². The summed E-state index contributed by atoms with van der Waals surface area (Å²) in [6.45, 7) is 4.01. The number of hydrogen-bond donors (Lipinski definition) is 0. The number of carbonyl (C=O) groups is 2. The molecule has 1 fully saturated rings. The zero-order valence-electron chi connectivity index (χ0n) is 20.6. The zero-order chi connectivity index (χ0) is 25.5. The summed E-state index contributed by atoms with van der Waals surface area (Å²) in [7, 11) is 1.49. The van der Waals surface area contributed by atoms with Crippen LogP contribution in [0, 0.1) is 13.8 Å². The second-order valence-electron chi connectivity index (χ2n) is 8.74. The number of benzene rings is 3. The topological polar surface area (TPSA) is 80.3 Å². The summed E-state index contributed by atoms with van der Waals surface area (Å²) in [6, 6.07) is 23.8. The van der Waals surface area contributed by atoms with Crippen molar-refractivity contribution in [1.82, 2.24) is 0 Å². The van der Waals surface area contributed by atoms with E-state index in [0.717, 1.165) is 16.7 Å². The Labute approximate surface area is 210 Å². The van der Waals surface area contributed by atoms with E-state index in [1.165, 1.54) is 7.11 Å². The van der Waals surface area contributed by atoms with Gasteiger partial charge < -0.3 is 23.7 Å². The van der Waals surface area contributed by atoms with E-state index in [0.29, 0.717) is 11.1 Å². The smallest absolute Gasteiger partial charge is 0.338 e. The first-order valence-corrected chi connectivity index (χ1v) is 11.8. The van der Waals surface area contributed by atoms with Gasteiger partial charge in [-0.15, -0.1) is 0 Å². The number of methoxy groups -OCH3 is 1. The van der Waals surface area contributed by atoms with Gasteiger partial charge in [-0.1, -0.05) is 65.7 Å². The Balaban J connectivity index is 1.50. The quantitative estimate of drug-likeness (QED) is 0.404. The molecule has 0 radical (unpaired) electrons. The third-order valence-corrected chi connectivity index (χ3v) is 5.98. The minimum Gasteiger partial charge on any atom is -0.459 e. The molecule has 1 aliphatic rings. The molecule has 36 heavy (non-hydrogen) atoms. The third-order valence-electron chi connectivity index (χ3n) is 5.98. The number of aryl methyl sites for hydroxylation is 2. The first-order valence-electron chi connectivity index (χ1n) is 11.8. The van der Waals surface area contributed by atoms with E-state index in [1.54, 1.807) is 24.3 Å². The Morgan fingerprint density at radius 1 is 0.778 bits per heavy atom. The maximum Gasteiger partial charge on any atom is 0.338 e. The van der Waals surface area contributed by atoms with Gasteiger partial charge in [0.1, 0.15) is 18.8 Å². The van der Waals surface area contributed by atoms with Crippen LogP contribution in [0.2, 0.25) is 0 Å². The van der Waals surface area contributed by atoms with Gasteiger partial charge in [0.05, 0.1) is 17.7 Å². The zero-order valence-corrected chi connectivity index (χ0v) is 20.6. The van der Waals surface area contributed by atoms with Crippen LogP contribution < -0.4 is 0 Å². The Morgan fingerprint density at radius 2 is 1.36 bits per heavy atom. The molecule has 0 spiro atoms. The van der Waals surface area contributed by atoms with Crippen molar-refractivity contribution in [3.63, 3.8) is 0 Å². The molecule has 3 aromatic carbocycles. The molecule has 7 nitrogen and oxygen atoms in total. The van der Waals surface area contributed by atoms with Gasteiger partial charge in [-0.2, -0.15) is 0 Å². The maximum atomic E-state index is 13.0. The van der Waals surface area contributed by atoms with Crippen LogP contribution in [-0.4, -0.2) is 50.3 Å². The van der Waals surface area contributed by atoms with Crippen LogP contribution in [0.5, 0.6) is 0 Å². The van der Waals surface area contributed by atoms with E-state index in [9.17, 15) is 9.59 Å². The van der Waals surface area contributed by atoms with Gasteiger partial charge in [-0.25, -0.2) is 9.59 Å². The monoisotopic (exact) mass is 490 g/mol. The van der Waals surface area contributed by atoms with Crippen molar-refractivity contribution in [2.24, 2.45) is 0 Å². The van der Waals surface area contributed by atoms with Gasteiger partial charge in [0, 0.05) is 7.11 Å². The Morgan fingerprint density at radius 3 is 1.94 bits per heavy atom. The standard InChI is InChI=1S/C29H30O7/c1-19-9-13-22(14-10-19)27(30)34-18-24-25(36-28(31)23-15-11-20(2)12-16-23)26(29(32-3)35-24)33-17-21-7-5-4-6-8-21/h4-16,24-26,29H,17-18H2,1-3H3/t24-,25+,26-,29?/m1/s1. The second-order valence-corrected chi connectivity index (χ2v) is 8.74. The highest BCUT2D eigenvalue weighted by atomic mass is 16.7. The van der Waals surface area contributed by atoms with Gasteiger partial charge in [0.15, 0.2) is 12.4 Å². The first kappa shape index (κ1) is 25.6. The minimum atomic E-state index is -0.863. The summed E-state index contributed by atoms with van der Waals surface area (Å²) in [5.74, 6) is -1.02. The highest BCUT2D eigenvalue weighted by Crippen LogP contribution is 2.29. The summed E-state index contributed by atoms with van der Waals surface area (Å²) in [5.41, 5.74) is 3.84. The third kappa shape index (κ3) is 6.37. The van der Waals surface area contributed by atoms with Crippen LogP contribution in [0.3, 0.4) is 0 Å². The number of esters is 2. The first-order chi connectivity index (χ1) is 17.4. The Hall–Kier alpha value is -3.52. The van der Waals surface area contributed by atoms with Crippen molar-refractivity contribution in [2.45, 2.75) is 45.1 Å². The van der Waals surface area contributed by atoms with Crippen molar-refractivity contribution < 1.29 is 33.3 Å². The fourth-order valence-electron chi connectivity index (χ4n) is 3.91. The van der Waals surface area contributed by atoms with E-state index in [2.05, 4.69) is 0 Å². The van der Waals surface area contributed by atoms with Crippen molar-refractivity contribution >= 4 is 11.9 Å². The lowest BCUT2D eigenvalue weighted by Gasteiger charge is -2.24. The number of carbonyl (C=O) groups excluding carboxylic acids is 2. The second kappa shape index (κ2) is 11.9. The molecular weight excluding hydrogens is 460 g/mol. The Bertz CT molecular complexity index is 1140. The lowest BCUT2D eigenvalue weighted by atomic mass is 10.1. The number of hydrogen-bond acceptors (Lipinski definition) is 7. The molecular formula is C29H30O7. The lowest BCUT2D eigenvalue weighted by molar-refractivity contribution is -0.168. The van der Waals surface area contributed by atoms with Gasteiger partial charge in [-0.3, -0.25) is 0 Å². The molecule has 0 amide bonds. The van der Waals surface area contributed by atoms with E-state index in [-0.39, 0.29) is 13.2 Å². The fourth-order valence-corrected chi connectivity index (χ4v) is 3.91. The summed E-state index contributed by atoms with van der Waals surface area (Å²) in [6.07, 6.45) is -3.18. The number of rotatable bonds is 9. The molecule has 3 aromatic rings. The highest BCUT2D eigenvalue weighted by Gasteiger charge is 2.49. The van der Waals surface area contributed by atoms with Crippen LogP contribution >= 0.6 is 0 Å². The molecule has 0 bridgehead atoms. The number of ether oxygens (including phenoxy) is 5. The summed E-state index contributed by atoms with van der Waals surface area (Å²) in [5, 5.41) is 0. The molecule has 0 saturated carbocycles. The summed E-state index contributed by atoms with van der Waals surface area (Å²) in [4.78, 5) is 25.6. The van der Waals surface area contributed by atoms with Gasteiger partial charge >= 0.3 is 11.9 Å². The molecule has 188 valence electrons. The SMILES string of the molecule is COC1O[C@H](COC(=O)c2ccc(C)cc2)[C@H](OC(=O)c2ccc(C)cc2)[C@H]1OCc1ccccc1. The van der Waals surface area contributed by atoms with E-state index in [1.807, 2.05) is 68.4 Å². The molecule has 1 unspecified atom stereocenters. The van der Waals surface area contributed by atoms with E-state index in [4.69, 9.17) is 23.7 Å². The average molecular weight is 491 g/mol. The highest BCUT2D eigenvalue weighted by molar-refractivity contribution is 5.90. The molecule has 4 rings (SSSR count). The van der Waals surface area contributed by atoms with Crippen molar-refractivity contribution in [3.05, 3.63) is 107 Å².